The lowest BCUT2D eigenvalue weighted by Crippen LogP contribution is -2.39. The second kappa shape index (κ2) is 6.80. The maximum atomic E-state index is 11.8. The Balaban J connectivity index is 1.81. The Morgan fingerprint density at radius 1 is 1.37 bits per heavy atom. The lowest BCUT2D eigenvalue weighted by molar-refractivity contribution is -0.124. The molecular weight excluding hydrogens is 262 g/mol. The van der Waals surface area contributed by atoms with Gasteiger partial charge in [0.1, 0.15) is 5.75 Å². The Morgan fingerprint density at radius 3 is 2.84 bits per heavy atom. The zero-order valence-corrected chi connectivity index (χ0v) is 12.0. The molecule has 1 fully saturated rings. The predicted molar refractivity (Wildman–Crippen MR) is 76.7 cm³/mol. The van der Waals surface area contributed by atoms with Crippen molar-refractivity contribution >= 4 is 17.5 Å². The van der Waals surface area contributed by atoms with E-state index in [0.29, 0.717) is 16.8 Å². The number of ether oxygens (including phenoxy) is 1. The first-order valence-corrected chi connectivity index (χ1v) is 7.21. The molecule has 0 heterocycles. The quantitative estimate of drug-likeness (QED) is 0.918. The molecule has 0 atom stereocenters. The van der Waals surface area contributed by atoms with Gasteiger partial charge < -0.3 is 10.1 Å². The molecule has 0 aliphatic heterocycles. The maximum absolute atomic E-state index is 11.8. The normalized spacial score (nSPS) is 16.1. The van der Waals surface area contributed by atoms with Crippen LogP contribution in [0.2, 0.25) is 5.02 Å². The number of nitrogens with one attached hydrogen (secondary N) is 1. The van der Waals surface area contributed by atoms with E-state index in [1.165, 1.54) is 19.3 Å². The van der Waals surface area contributed by atoms with Crippen LogP contribution in [-0.4, -0.2) is 18.6 Å². The fourth-order valence-electron chi connectivity index (χ4n) is 2.38. The van der Waals surface area contributed by atoms with Gasteiger partial charge in [-0.1, -0.05) is 36.9 Å². The summed E-state index contributed by atoms with van der Waals surface area (Å²) in [4.78, 5) is 11.8. The average molecular weight is 282 g/mol. The van der Waals surface area contributed by atoms with Gasteiger partial charge in [-0.25, -0.2) is 0 Å². The monoisotopic (exact) mass is 281 g/mol. The van der Waals surface area contributed by atoms with Crippen molar-refractivity contribution in [3.05, 3.63) is 28.8 Å². The molecule has 4 heteroatoms. The smallest absolute Gasteiger partial charge is 0.258 e. The van der Waals surface area contributed by atoms with Gasteiger partial charge in [0.25, 0.3) is 5.91 Å². The van der Waals surface area contributed by atoms with Gasteiger partial charge >= 0.3 is 0 Å². The number of halogens is 1. The Labute approximate surface area is 119 Å². The van der Waals surface area contributed by atoms with Crippen LogP contribution in [0.15, 0.2) is 18.2 Å². The summed E-state index contributed by atoms with van der Waals surface area (Å²) in [5.74, 6) is 0.505. The first-order chi connectivity index (χ1) is 9.15. The largest absolute Gasteiger partial charge is 0.482 e. The average Bonchev–Trinajstić information content (AvgIpc) is 2.41. The third-order valence-corrected chi connectivity index (χ3v) is 3.73. The summed E-state index contributed by atoms with van der Waals surface area (Å²) in [6, 6.07) is 5.86. The van der Waals surface area contributed by atoms with Crippen LogP contribution in [0, 0.1) is 6.92 Å². The van der Waals surface area contributed by atoms with Gasteiger partial charge in [0, 0.05) is 6.04 Å². The molecule has 1 aliphatic carbocycles. The molecule has 0 saturated heterocycles. The van der Waals surface area contributed by atoms with Crippen LogP contribution in [-0.2, 0) is 4.79 Å². The fraction of sp³-hybridized carbons (Fsp3) is 0.533. The van der Waals surface area contributed by atoms with Crippen molar-refractivity contribution in [2.45, 2.75) is 45.1 Å². The van der Waals surface area contributed by atoms with Crippen molar-refractivity contribution in [1.29, 1.82) is 0 Å². The highest BCUT2D eigenvalue weighted by atomic mass is 35.5. The third-order valence-electron chi connectivity index (χ3n) is 3.42. The van der Waals surface area contributed by atoms with E-state index in [-0.39, 0.29) is 12.5 Å². The van der Waals surface area contributed by atoms with Gasteiger partial charge in [0.05, 0.1) is 5.02 Å². The number of rotatable bonds is 4. The number of carbonyl (C=O) groups is 1. The molecule has 0 unspecified atom stereocenters. The van der Waals surface area contributed by atoms with Gasteiger partial charge in [-0.2, -0.15) is 0 Å². The summed E-state index contributed by atoms with van der Waals surface area (Å²) in [7, 11) is 0. The molecule has 3 nitrogen and oxygen atoms in total. The van der Waals surface area contributed by atoms with Crippen molar-refractivity contribution in [1.82, 2.24) is 5.32 Å². The highest BCUT2D eigenvalue weighted by molar-refractivity contribution is 6.32. The van der Waals surface area contributed by atoms with E-state index >= 15 is 0 Å². The number of amides is 1. The Bertz CT molecular complexity index is 442. The Hall–Kier alpha value is -1.22. The zero-order valence-electron chi connectivity index (χ0n) is 11.2. The molecule has 0 aromatic heterocycles. The summed E-state index contributed by atoms with van der Waals surface area (Å²) in [6.07, 6.45) is 5.85. The second-order valence-electron chi connectivity index (χ2n) is 5.12. The summed E-state index contributed by atoms with van der Waals surface area (Å²) in [6.45, 7) is 1.99. The number of hydrogen-bond acceptors (Lipinski definition) is 2. The van der Waals surface area contributed by atoms with Crippen molar-refractivity contribution in [3.63, 3.8) is 0 Å². The third kappa shape index (κ3) is 4.43. The van der Waals surface area contributed by atoms with E-state index in [1.54, 1.807) is 6.07 Å². The number of benzene rings is 1. The van der Waals surface area contributed by atoms with E-state index in [2.05, 4.69) is 5.32 Å². The van der Waals surface area contributed by atoms with Gasteiger partial charge in [0.15, 0.2) is 6.61 Å². The molecule has 1 aromatic rings. The van der Waals surface area contributed by atoms with E-state index in [0.717, 1.165) is 18.4 Å². The number of aryl methyl sites for hydroxylation is 1. The van der Waals surface area contributed by atoms with Crippen molar-refractivity contribution in [2.24, 2.45) is 0 Å². The van der Waals surface area contributed by atoms with Gasteiger partial charge in [-0.3, -0.25) is 4.79 Å². The lowest BCUT2D eigenvalue weighted by Gasteiger charge is -2.22. The summed E-state index contributed by atoms with van der Waals surface area (Å²) in [5, 5.41) is 3.55. The van der Waals surface area contributed by atoms with E-state index in [1.807, 2.05) is 19.1 Å². The van der Waals surface area contributed by atoms with Crippen molar-refractivity contribution in [2.75, 3.05) is 6.61 Å². The van der Waals surface area contributed by atoms with Crippen LogP contribution in [0.1, 0.15) is 37.7 Å². The summed E-state index contributed by atoms with van der Waals surface area (Å²) < 4.78 is 5.48. The highest BCUT2D eigenvalue weighted by Gasteiger charge is 2.16. The van der Waals surface area contributed by atoms with Crippen LogP contribution in [0.3, 0.4) is 0 Å². The minimum absolute atomic E-state index is 0.0275. The second-order valence-corrected chi connectivity index (χ2v) is 5.53. The van der Waals surface area contributed by atoms with E-state index in [9.17, 15) is 4.79 Å². The van der Waals surface area contributed by atoms with Crippen LogP contribution in [0.25, 0.3) is 0 Å². The maximum Gasteiger partial charge on any atom is 0.258 e. The minimum atomic E-state index is -0.0653. The van der Waals surface area contributed by atoms with Crippen LogP contribution >= 0.6 is 11.6 Å². The molecule has 1 saturated carbocycles. The molecule has 1 amide bonds. The Morgan fingerprint density at radius 2 is 2.11 bits per heavy atom. The zero-order chi connectivity index (χ0) is 13.7. The van der Waals surface area contributed by atoms with Gasteiger partial charge in [0.2, 0.25) is 0 Å². The molecule has 0 bridgehead atoms. The molecule has 0 radical (unpaired) electrons. The van der Waals surface area contributed by atoms with E-state index < -0.39 is 0 Å². The SMILES string of the molecule is Cc1ccc(Cl)c(OCC(=O)NC2CCCCC2)c1. The molecule has 1 aliphatic rings. The predicted octanol–water partition coefficient (Wildman–Crippen LogP) is 3.48. The topological polar surface area (TPSA) is 38.3 Å². The molecule has 1 aromatic carbocycles. The van der Waals surface area contributed by atoms with Crippen molar-refractivity contribution < 1.29 is 9.53 Å². The molecule has 104 valence electrons. The van der Waals surface area contributed by atoms with Crippen LogP contribution in [0.5, 0.6) is 5.75 Å². The van der Waals surface area contributed by atoms with Crippen LogP contribution < -0.4 is 10.1 Å². The van der Waals surface area contributed by atoms with E-state index in [4.69, 9.17) is 16.3 Å². The fourth-order valence-corrected chi connectivity index (χ4v) is 2.55. The number of carbonyl (C=O) groups excluding carboxylic acids is 1. The minimum Gasteiger partial charge on any atom is -0.482 e. The Kier molecular flexibility index (Phi) is 5.08. The van der Waals surface area contributed by atoms with Gasteiger partial charge in [-0.05, 0) is 37.5 Å². The summed E-state index contributed by atoms with van der Waals surface area (Å²) >= 11 is 6.01. The first kappa shape index (κ1) is 14.2. The molecule has 1 N–H and O–H groups in total. The lowest BCUT2D eigenvalue weighted by atomic mass is 9.95. The molecule has 19 heavy (non-hydrogen) atoms. The number of hydrogen-bond donors (Lipinski definition) is 1. The molecular formula is C15H20ClNO2. The standard InChI is InChI=1S/C15H20ClNO2/c1-11-7-8-13(16)14(9-11)19-10-15(18)17-12-5-3-2-4-6-12/h7-9,12H,2-6,10H2,1H3,(H,17,18). The van der Waals surface area contributed by atoms with Crippen molar-refractivity contribution in [3.8, 4) is 5.75 Å². The molecule has 0 spiro atoms. The molecule has 2 rings (SSSR count). The summed E-state index contributed by atoms with van der Waals surface area (Å²) in [5.41, 5.74) is 1.06. The first-order valence-electron chi connectivity index (χ1n) is 6.83. The van der Waals surface area contributed by atoms with Gasteiger partial charge in [-0.15, -0.1) is 0 Å². The van der Waals surface area contributed by atoms with Crippen LogP contribution in [0.4, 0.5) is 0 Å². The highest BCUT2D eigenvalue weighted by Crippen LogP contribution is 2.25.